The lowest BCUT2D eigenvalue weighted by Crippen LogP contribution is -2.19. The van der Waals surface area contributed by atoms with E-state index in [9.17, 15) is 4.79 Å². The van der Waals surface area contributed by atoms with E-state index in [0.29, 0.717) is 0 Å². The Bertz CT molecular complexity index is 943. The first-order chi connectivity index (χ1) is 12.6. The monoisotopic (exact) mass is 346 g/mol. The smallest absolute Gasteiger partial charge is 0.221 e. The van der Waals surface area contributed by atoms with E-state index >= 15 is 0 Å². The predicted octanol–water partition coefficient (Wildman–Crippen LogP) is 3.61. The van der Waals surface area contributed by atoms with Crippen LogP contribution in [0.3, 0.4) is 0 Å². The second-order valence-corrected chi connectivity index (χ2v) is 6.77. The van der Waals surface area contributed by atoms with Gasteiger partial charge >= 0.3 is 0 Å². The van der Waals surface area contributed by atoms with Gasteiger partial charge in [0.15, 0.2) is 0 Å². The van der Waals surface area contributed by atoms with Gasteiger partial charge in [0.1, 0.15) is 0 Å². The molecule has 0 radical (unpaired) electrons. The Hall–Kier alpha value is -3.08. The first-order valence-corrected chi connectivity index (χ1v) is 8.83. The van der Waals surface area contributed by atoms with Crippen molar-refractivity contribution in [3.05, 3.63) is 65.9 Å². The highest BCUT2D eigenvalue weighted by Crippen LogP contribution is 2.32. The SMILES string of the molecule is CC(=O)Nc1ccc2c(c1)CCN2Cc1ccc(-c2ccn(C)n2)cc1. The fourth-order valence-corrected chi connectivity index (χ4v) is 3.49. The molecule has 0 fully saturated rings. The van der Waals surface area contributed by atoms with Crippen molar-refractivity contribution in [1.82, 2.24) is 9.78 Å². The third kappa shape index (κ3) is 3.33. The number of hydrogen-bond donors (Lipinski definition) is 1. The fourth-order valence-electron chi connectivity index (χ4n) is 3.49. The van der Waals surface area contributed by atoms with Crippen LogP contribution >= 0.6 is 0 Å². The number of amides is 1. The lowest BCUT2D eigenvalue weighted by molar-refractivity contribution is -0.114. The van der Waals surface area contributed by atoms with Gasteiger partial charge in [0.2, 0.25) is 5.91 Å². The summed E-state index contributed by atoms with van der Waals surface area (Å²) >= 11 is 0. The molecule has 0 aliphatic carbocycles. The molecule has 1 aliphatic heterocycles. The van der Waals surface area contributed by atoms with Gasteiger partial charge < -0.3 is 10.2 Å². The van der Waals surface area contributed by atoms with Crippen LogP contribution in [0.1, 0.15) is 18.1 Å². The minimum Gasteiger partial charge on any atom is -0.367 e. The normalized spacial score (nSPS) is 12.9. The molecule has 0 saturated carbocycles. The van der Waals surface area contributed by atoms with Crippen molar-refractivity contribution >= 4 is 17.3 Å². The van der Waals surface area contributed by atoms with Crippen LogP contribution in [0.5, 0.6) is 0 Å². The highest BCUT2D eigenvalue weighted by atomic mass is 16.1. The molecule has 5 heteroatoms. The van der Waals surface area contributed by atoms with Crippen LogP contribution in [-0.2, 0) is 24.8 Å². The first kappa shape index (κ1) is 16.4. The highest BCUT2D eigenvalue weighted by Gasteiger charge is 2.19. The molecule has 1 amide bonds. The summed E-state index contributed by atoms with van der Waals surface area (Å²) in [5.74, 6) is -0.0344. The molecular weight excluding hydrogens is 324 g/mol. The zero-order valence-corrected chi connectivity index (χ0v) is 15.1. The van der Waals surface area contributed by atoms with E-state index in [-0.39, 0.29) is 5.91 Å². The standard InChI is InChI=1S/C21H22N4O/c1-15(26)22-19-7-8-21-18(13-19)9-12-25(21)14-16-3-5-17(6-4-16)20-10-11-24(2)23-20/h3-8,10-11,13H,9,12,14H2,1-2H3,(H,22,26). The van der Waals surface area contributed by atoms with Crippen LogP contribution in [0.4, 0.5) is 11.4 Å². The van der Waals surface area contributed by atoms with Crippen molar-refractivity contribution < 1.29 is 4.79 Å². The number of aryl methyl sites for hydroxylation is 1. The Morgan fingerprint density at radius 2 is 1.96 bits per heavy atom. The van der Waals surface area contributed by atoms with Gasteiger partial charge in [0.25, 0.3) is 0 Å². The van der Waals surface area contributed by atoms with E-state index in [1.807, 2.05) is 30.1 Å². The summed E-state index contributed by atoms with van der Waals surface area (Å²) in [4.78, 5) is 13.6. The van der Waals surface area contributed by atoms with E-state index in [0.717, 1.165) is 36.5 Å². The number of fused-ring (bicyclic) bond motifs is 1. The molecular formula is C21H22N4O. The van der Waals surface area contributed by atoms with Gasteiger partial charge in [-0.1, -0.05) is 24.3 Å². The van der Waals surface area contributed by atoms with Crippen LogP contribution in [0.25, 0.3) is 11.3 Å². The van der Waals surface area contributed by atoms with Crippen molar-refractivity contribution in [2.24, 2.45) is 7.05 Å². The first-order valence-electron chi connectivity index (χ1n) is 8.83. The van der Waals surface area contributed by atoms with Gasteiger partial charge in [-0.15, -0.1) is 0 Å². The maximum absolute atomic E-state index is 11.2. The number of nitrogens with one attached hydrogen (secondary N) is 1. The summed E-state index contributed by atoms with van der Waals surface area (Å²) in [5.41, 5.74) is 6.84. The Kier molecular flexibility index (Phi) is 4.21. The molecule has 3 aromatic rings. The number of nitrogens with zero attached hydrogens (tertiary/aromatic N) is 3. The highest BCUT2D eigenvalue weighted by molar-refractivity contribution is 5.89. The van der Waals surface area contributed by atoms with Gasteiger partial charge in [0, 0.05) is 50.2 Å². The summed E-state index contributed by atoms with van der Waals surface area (Å²) < 4.78 is 1.82. The summed E-state index contributed by atoms with van der Waals surface area (Å²) in [6.45, 7) is 3.42. The average molecular weight is 346 g/mol. The molecule has 0 bridgehead atoms. The molecule has 1 N–H and O–H groups in total. The van der Waals surface area contributed by atoms with Gasteiger partial charge in [-0.2, -0.15) is 5.10 Å². The number of rotatable bonds is 4. The molecule has 0 unspecified atom stereocenters. The van der Waals surface area contributed by atoms with Crippen LogP contribution in [0, 0.1) is 0 Å². The molecule has 1 aromatic heterocycles. The summed E-state index contributed by atoms with van der Waals surface area (Å²) in [6.07, 6.45) is 2.97. The zero-order valence-electron chi connectivity index (χ0n) is 15.1. The number of hydrogen-bond acceptors (Lipinski definition) is 3. The van der Waals surface area contributed by atoms with E-state index in [2.05, 4.69) is 51.7 Å². The second kappa shape index (κ2) is 6.67. The quantitative estimate of drug-likeness (QED) is 0.785. The van der Waals surface area contributed by atoms with Crippen LogP contribution in [-0.4, -0.2) is 22.2 Å². The molecule has 2 aromatic carbocycles. The average Bonchev–Trinajstić information content (AvgIpc) is 3.21. The van der Waals surface area contributed by atoms with Crippen molar-refractivity contribution in [2.45, 2.75) is 19.9 Å². The van der Waals surface area contributed by atoms with E-state index in [1.54, 1.807) is 0 Å². The number of aromatic nitrogens is 2. The maximum atomic E-state index is 11.2. The van der Waals surface area contributed by atoms with E-state index in [1.165, 1.54) is 23.7 Å². The molecule has 0 saturated heterocycles. The number of carbonyl (C=O) groups is 1. The Morgan fingerprint density at radius 3 is 2.65 bits per heavy atom. The largest absolute Gasteiger partial charge is 0.367 e. The van der Waals surface area contributed by atoms with Crippen molar-refractivity contribution in [3.8, 4) is 11.3 Å². The van der Waals surface area contributed by atoms with Crippen LogP contribution < -0.4 is 10.2 Å². The number of benzene rings is 2. The van der Waals surface area contributed by atoms with E-state index < -0.39 is 0 Å². The minimum atomic E-state index is -0.0344. The lowest BCUT2D eigenvalue weighted by atomic mass is 10.1. The third-order valence-electron chi connectivity index (χ3n) is 4.73. The van der Waals surface area contributed by atoms with Gasteiger partial charge in [-0.05, 0) is 41.8 Å². The van der Waals surface area contributed by atoms with Crippen molar-refractivity contribution in [2.75, 3.05) is 16.8 Å². The topological polar surface area (TPSA) is 50.2 Å². The maximum Gasteiger partial charge on any atom is 0.221 e. The Labute approximate surface area is 153 Å². The molecule has 0 spiro atoms. The Balaban J connectivity index is 1.48. The molecule has 0 atom stereocenters. The molecule has 132 valence electrons. The van der Waals surface area contributed by atoms with Gasteiger partial charge in [-0.25, -0.2) is 0 Å². The van der Waals surface area contributed by atoms with Gasteiger partial charge in [0.05, 0.1) is 5.69 Å². The van der Waals surface area contributed by atoms with Gasteiger partial charge in [-0.3, -0.25) is 9.48 Å². The number of anilines is 2. The van der Waals surface area contributed by atoms with Crippen LogP contribution in [0.2, 0.25) is 0 Å². The summed E-state index contributed by atoms with van der Waals surface area (Å²) in [6, 6.07) is 16.8. The number of carbonyl (C=O) groups excluding carboxylic acids is 1. The fraction of sp³-hybridized carbons (Fsp3) is 0.238. The van der Waals surface area contributed by atoms with Crippen molar-refractivity contribution in [3.63, 3.8) is 0 Å². The summed E-state index contributed by atoms with van der Waals surface area (Å²) in [7, 11) is 1.93. The molecule has 26 heavy (non-hydrogen) atoms. The zero-order chi connectivity index (χ0) is 18.1. The molecule has 5 nitrogen and oxygen atoms in total. The van der Waals surface area contributed by atoms with E-state index in [4.69, 9.17) is 0 Å². The predicted molar refractivity (Wildman–Crippen MR) is 104 cm³/mol. The van der Waals surface area contributed by atoms with Crippen LogP contribution in [0.15, 0.2) is 54.7 Å². The lowest BCUT2D eigenvalue weighted by Gasteiger charge is -2.20. The van der Waals surface area contributed by atoms with Crippen molar-refractivity contribution in [1.29, 1.82) is 0 Å². The molecule has 1 aliphatic rings. The summed E-state index contributed by atoms with van der Waals surface area (Å²) in [5, 5.41) is 7.31. The second-order valence-electron chi connectivity index (χ2n) is 6.77. The Morgan fingerprint density at radius 1 is 1.15 bits per heavy atom. The molecule has 4 rings (SSSR count). The minimum absolute atomic E-state index is 0.0344. The molecule has 2 heterocycles. The third-order valence-corrected chi connectivity index (χ3v) is 4.73.